The van der Waals surface area contributed by atoms with Crippen molar-refractivity contribution in [2.75, 3.05) is 4.90 Å². The fourth-order valence-electron chi connectivity index (χ4n) is 3.15. The molecule has 0 radical (unpaired) electrons. The van der Waals surface area contributed by atoms with Crippen LogP contribution >= 0.6 is 11.3 Å². The quantitative estimate of drug-likeness (QED) is 0.699. The maximum absolute atomic E-state index is 13.0. The van der Waals surface area contributed by atoms with Crippen LogP contribution in [0.1, 0.15) is 49.6 Å². The highest BCUT2D eigenvalue weighted by Gasteiger charge is 2.33. The molecular weight excluding hydrogens is 406 g/mol. The van der Waals surface area contributed by atoms with Gasteiger partial charge in [-0.25, -0.2) is 23.3 Å². The largest absolute Gasteiger partial charge is 0.447 e. The zero-order chi connectivity index (χ0) is 20.3. The van der Waals surface area contributed by atoms with E-state index in [9.17, 15) is 18.0 Å². The first kappa shape index (κ1) is 20.5. The summed E-state index contributed by atoms with van der Waals surface area (Å²) in [5.41, 5.74) is 0. The molecule has 1 unspecified atom stereocenters. The van der Waals surface area contributed by atoms with Crippen LogP contribution in [0.4, 0.5) is 5.13 Å². The Kier molecular flexibility index (Phi) is 6.16. The molecule has 3 rings (SSSR count). The molecule has 1 atom stereocenters. The topological polar surface area (TPSA) is 133 Å². The molecule has 0 aromatic carbocycles. The lowest BCUT2D eigenvalue weighted by atomic mass is 9.94. The summed E-state index contributed by atoms with van der Waals surface area (Å²) in [6.07, 6.45) is 5.43. The fraction of sp³-hybridized carbons (Fsp3) is 0.471. The Labute approximate surface area is 166 Å². The normalized spacial score (nSPS) is 16.5. The summed E-state index contributed by atoms with van der Waals surface area (Å²) in [6.45, 7) is 1.47. The van der Waals surface area contributed by atoms with Crippen molar-refractivity contribution in [3.8, 4) is 0 Å². The lowest BCUT2D eigenvalue weighted by molar-refractivity contribution is -0.127. The van der Waals surface area contributed by atoms with Crippen LogP contribution in [0.2, 0.25) is 0 Å². The van der Waals surface area contributed by atoms with Crippen molar-refractivity contribution in [1.82, 2.24) is 4.98 Å². The van der Waals surface area contributed by atoms with Gasteiger partial charge in [-0.1, -0.05) is 19.3 Å². The van der Waals surface area contributed by atoms with Gasteiger partial charge >= 0.3 is 5.97 Å². The predicted octanol–water partition coefficient (Wildman–Crippen LogP) is 2.29. The van der Waals surface area contributed by atoms with Crippen LogP contribution in [0.5, 0.6) is 0 Å². The summed E-state index contributed by atoms with van der Waals surface area (Å²) >= 11 is 1.35. The molecule has 0 bridgehead atoms. The lowest BCUT2D eigenvalue weighted by Crippen LogP contribution is -2.47. The molecule has 2 N–H and O–H groups in total. The minimum atomic E-state index is -4.07. The highest BCUT2D eigenvalue weighted by atomic mass is 32.2. The van der Waals surface area contributed by atoms with E-state index >= 15 is 0 Å². The van der Waals surface area contributed by atoms with Crippen LogP contribution in [-0.4, -0.2) is 37.4 Å². The number of rotatable bonds is 6. The van der Waals surface area contributed by atoms with Gasteiger partial charge in [-0.05, 0) is 31.9 Å². The Hall–Kier alpha value is -2.24. The molecule has 11 heteroatoms. The van der Waals surface area contributed by atoms with E-state index in [1.54, 1.807) is 16.5 Å². The molecule has 28 heavy (non-hydrogen) atoms. The van der Waals surface area contributed by atoms with Gasteiger partial charge in [0.25, 0.3) is 15.9 Å². The van der Waals surface area contributed by atoms with Gasteiger partial charge in [0.05, 0.1) is 0 Å². The first-order valence-electron chi connectivity index (χ1n) is 8.83. The van der Waals surface area contributed by atoms with Crippen molar-refractivity contribution in [3.63, 3.8) is 0 Å². The van der Waals surface area contributed by atoms with Gasteiger partial charge in [-0.3, -0.25) is 9.69 Å². The molecule has 2 aromatic heterocycles. The van der Waals surface area contributed by atoms with E-state index in [2.05, 4.69) is 4.98 Å². The van der Waals surface area contributed by atoms with Crippen LogP contribution in [0.15, 0.2) is 33.2 Å². The number of carbonyl (C=O) groups excluding carboxylic acids is 2. The van der Waals surface area contributed by atoms with Crippen LogP contribution in [-0.2, 0) is 19.6 Å². The van der Waals surface area contributed by atoms with Gasteiger partial charge in [0.1, 0.15) is 0 Å². The van der Waals surface area contributed by atoms with E-state index in [4.69, 9.17) is 14.3 Å². The zero-order valence-corrected chi connectivity index (χ0v) is 16.9. The number of ether oxygens (including phenoxy) is 1. The number of hydrogen-bond donors (Lipinski definition) is 1. The second kappa shape index (κ2) is 8.41. The van der Waals surface area contributed by atoms with Crippen molar-refractivity contribution >= 4 is 38.4 Å². The number of thiazole rings is 1. The summed E-state index contributed by atoms with van der Waals surface area (Å²) in [6, 6.07) is 2.20. The Morgan fingerprint density at radius 3 is 2.61 bits per heavy atom. The molecule has 2 heterocycles. The van der Waals surface area contributed by atoms with Gasteiger partial charge < -0.3 is 9.15 Å². The van der Waals surface area contributed by atoms with E-state index in [1.165, 1.54) is 18.3 Å². The van der Waals surface area contributed by atoms with Crippen LogP contribution in [0, 0.1) is 0 Å². The molecule has 0 saturated heterocycles. The Morgan fingerprint density at radius 2 is 2.04 bits per heavy atom. The van der Waals surface area contributed by atoms with Gasteiger partial charge in [-0.2, -0.15) is 0 Å². The number of nitrogens with zero attached hydrogens (tertiary/aromatic N) is 2. The molecule has 1 aliphatic rings. The number of furan rings is 1. The second-order valence-corrected chi connectivity index (χ2v) is 8.89. The van der Waals surface area contributed by atoms with Gasteiger partial charge in [0, 0.05) is 17.6 Å². The first-order chi connectivity index (χ1) is 13.3. The highest BCUT2D eigenvalue weighted by Crippen LogP contribution is 2.29. The molecule has 152 valence electrons. The van der Waals surface area contributed by atoms with E-state index < -0.39 is 27.2 Å². The van der Waals surface area contributed by atoms with Crippen molar-refractivity contribution in [1.29, 1.82) is 0 Å². The molecule has 1 fully saturated rings. The van der Waals surface area contributed by atoms with E-state index in [0.29, 0.717) is 5.13 Å². The molecule has 9 nitrogen and oxygen atoms in total. The van der Waals surface area contributed by atoms with Gasteiger partial charge in [0.15, 0.2) is 11.2 Å². The van der Waals surface area contributed by atoms with Crippen LogP contribution in [0.25, 0.3) is 0 Å². The predicted molar refractivity (Wildman–Crippen MR) is 101 cm³/mol. The number of nitrogens with two attached hydrogens (primary N) is 1. The number of hydrogen-bond acceptors (Lipinski definition) is 8. The fourth-order valence-corrected chi connectivity index (χ4v) is 4.33. The third kappa shape index (κ3) is 4.59. The van der Waals surface area contributed by atoms with E-state index in [-0.39, 0.29) is 17.7 Å². The zero-order valence-electron chi connectivity index (χ0n) is 15.2. The van der Waals surface area contributed by atoms with Crippen LogP contribution < -0.4 is 10.0 Å². The molecule has 1 saturated carbocycles. The molecule has 1 aliphatic carbocycles. The maximum Gasteiger partial charge on any atom is 0.375 e. The molecule has 1 amide bonds. The molecule has 2 aromatic rings. The van der Waals surface area contributed by atoms with E-state index in [0.717, 1.165) is 44.2 Å². The summed E-state index contributed by atoms with van der Waals surface area (Å²) in [4.78, 5) is 31.1. The average molecular weight is 428 g/mol. The van der Waals surface area contributed by atoms with Crippen molar-refractivity contribution in [2.24, 2.45) is 5.14 Å². The summed E-state index contributed by atoms with van der Waals surface area (Å²) < 4.78 is 32.6. The number of esters is 1. The van der Waals surface area contributed by atoms with Crippen molar-refractivity contribution < 1.29 is 27.2 Å². The number of sulfonamides is 1. The van der Waals surface area contributed by atoms with Gasteiger partial charge in [-0.15, -0.1) is 11.3 Å². The Balaban J connectivity index is 1.74. The van der Waals surface area contributed by atoms with E-state index in [1.807, 2.05) is 0 Å². The van der Waals surface area contributed by atoms with Gasteiger partial charge in [0.2, 0.25) is 10.9 Å². The Bertz CT molecular complexity index is 932. The number of anilines is 1. The first-order valence-corrected chi connectivity index (χ1v) is 11.3. The lowest BCUT2D eigenvalue weighted by Gasteiger charge is -2.33. The smallest absolute Gasteiger partial charge is 0.375 e. The van der Waals surface area contributed by atoms with Crippen molar-refractivity contribution in [3.05, 3.63) is 29.5 Å². The maximum atomic E-state index is 13.0. The molecular formula is C17H21N3O6S2. The minimum Gasteiger partial charge on any atom is -0.447 e. The van der Waals surface area contributed by atoms with Crippen LogP contribution in [0.3, 0.4) is 0 Å². The SMILES string of the molecule is CC(OC(=O)c1ccc(S(N)(=O)=O)o1)C(=O)N(c1nccs1)C1CCCCC1. The highest BCUT2D eigenvalue weighted by molar-refractivity contribution is 7.89. The monoisotopic (exact) mass is 427 g/mol. The Morgan fingerprint density at radius 1 is 1.32 bits per heavy atom. The van der Waals surface area contributed by atoms with Crippen molar-refractivity contribution in [2.45, 2.75) is 56.3 Å². The molecule has 0 aliphatic heterocycles. The summed E-state index contributed by atoms with van der Waals surface area (Å²) in [7, 11) is -4.07. The number of aromatic nitrogens is 1. The standard InChI is InChI=1S/C17H21N3O6S2/c1-11(25-16(22)13-7-8-14(26-13)28(18,23)24)15(21)20(17-19-9-10-27-17)12-5-3-2-4-6-12/h7-12H,2-6H2,1H3,(H2,18,23,24). The molecule has 0 spiro atoms. The number of carbonyl (C=O) groups is 2. The average Bonchev–Trinajstić information content (AvgIpc) is 3.34. The summed E-state index contributed by atoms with van der Waals surface area (Å²) in [5.74, 6) is -1.67. The third-order valence-electron chi connectivity index (χ3n) is 4.50. The number of amides is 1. The number of primary sulfonamides is 1. The third-order valence-corrected chi connectivity index (χ3v) is 6.05. The minimum absolute atomic E-state index is 0.00569. The second-order valence-electron chi connectivity index (χ2n) is 6.53. The summed E-state index contributed by atoms with van der Waals surface area (Å²) in [5, 5.41) is 6.75.